The van der Waals surface area contributed by atoms with Crippen molar-refractivity contribution in [2.45, 2.75) is 163 Å². The number of urea groups is 1. The fraction of sp³-hybridized carbons (Fsp3) is 0.562. The highest BCUT2D eigenvalue weighted by Gasteiger charge is 2.42. The summed E-state index contributed by atoms with van der Waals surface area (Å²) < 4.78 is 65.9. The molecule has 0 aliphatic heterocycles. The van der Waals surface area contributed by atoms with E-state index in [1.807, 2.05) is 26.0 Å². The predicted molar refractivity (Wildman–Crippen MR) is 249 cm³/mol. The maximum atomic E-state index is 14.0. The van der Waals surface area contributed by atoms with Gasteiger partial charge in [0.1, 0.15) is 22.6 Å². The third-order valence-corrected chi connectivity index (χ3v) is 10.5. The number of carbonyl (C=O) groups excluding carboxylic acids is 4. The average molecular weight is 939 g/mol. The molecule has 0 bridgehead atoms. The second kappa shape index (κ2) is 20.8. The van der Waals surface area contributed by atoms with Crippen LogP contribution in [-0.2, 0) is 33.9 Å². The van der Waals surface area contributed by atoms with Crippen LogP contribution in [0.25, 0.3) is 22.2 Å². The molecule has 1 aliphatic carbocycles. The summed E-state index contributed by atoms with van der Waals surface area (Å²) in [5, 5.41) is 10.1. The Kier molecular flexibility index (Phi) is 16.1. The average Bonchev–Trinajstić information content (AvgIpc) is 3.56. The van der Waals surface area contributed by atoms with Gasteiger partial charge >= 0.3 is 30.5 Å². The molecule has 0 radical (unpaired) electrons. The van der Waals surface area contributed by atoms with Gasteiger partial charge in [-0.2, -0.15) is 18.3 Å². The number of carbonyl (C=O) groups is 4. The van der Waals surface area contributed by atoms with Gasteiger partial charge in [0.05, 0.1) is 23.4 Å². The number of fused-ring (bicyclic) bond motifs is 1. The number of hydrogen-bond donors (Lipinski definition) is 2. The van der Waals surface area contributed by atoms with Crippen molar-refractivity contribution in [1.29, 1.82) is 0 Å². The molecule has 1 saturated carbocycles. The van der Waals surface area contributed by atoms with Gasteiger partial charge in [0.15, 0.2) is 5.82 Å². The molecule has 5 rings (SSSR count). The molecule has 366 valence electrons. The quantitative estimate of drug-likeness (QED) is 0.102. The summed E-state index contributed by atoms with van der Waals surface area (Å²) in [6.07, 6.45) is -1.05. The van der Waals surface area contributed by atoms with Crippen LogP contribution >= 0.6 is 0 Å². The molecule has 19 heteroatoms. The lowest BCUT2D eigenvalue weighted by atomic mass is 9.89. The molecule has 2 N–H and O–H groups in total. The van der Waals surface area contributed by atoms with Gasteiger partial charge in [0.2, 0.25) is 5.95 Å². The van der Waals surface area contributed by atoms with Crippen LogP contribution in [-0.4, -0.2) is 84.5 Å². The molecular formula is C48H65F3N8O8. The van der Waals surface area contributed by atoms with Gasteiger partial charge in [-0.25, -0.2) is 38.9 Å². The third kappa shape index (κ3) is 14.2. The Hall–Kier alpha value is -6.14. The Labute approximate surface area is 390 Å². The minimum atomic E-state index is -4.70. The van der Waals surface area contributed by atoms with Crippen molar-refractivity contribution in [3.63, 3.8) is 0 Å². The minimum Gasteiger partial charge on any atom is -0.493 e. The Balaban J connectivity index is 1.38. The topological polar surface area (TPSA) is 179 Å². The molecule has 67 heavy (non-hydrogen) atoms. The van der Waals surface area contributed by atoms with Gasteiger partial charge in [-0.05, 0) is 137 Å². The number of rotatable bonds is 12. The van der Waals surface area contributed by atoms with Crippen molar-refractivity contribution in [3.8, 4) is 17.0 Å². The summed E-state index contributed by atoms with van der Waals surface area (Å²) >= 11 is 0. The Bertz CT molecular complexity index is 2380. The monoisotopic (exact) mass is 938 g/mol. The fourth-order valence-corrected chi connectivity index (χ4v) is 7.58. The third-order valence-electron chi connectivity index (χ3n) is 10.5. The van der Waals surface area contributed by atoms with Crippen LogP contribution in [0.3, 0.4) is 0 Å². The molecule has 2 aromatic carbocycles. The van der Waals surface area contributed by atoms with E-state index in [0.717, 1.165) is 34.9 Å². The van der Waals surface area contributed by atoms with Gasteiger partial charge < -0.3 is 24.3 Å². The van der Waals surface area contributed by atoms with E-state index in [1.54, 1.807) is 86.3 Å². The number of nitrogens with zero attached hydrogens (tertiary/aromatic N) is 6. The number of ether oxygens (including phenoxy) is 4. The summed E-state index contributed by atoms with van der Waals surface area (Å²) in [4.78, 5) is 66.1. The molecule has 2 aromatic heterocycles. The van der Waals surface area contributed by atoms with Crippen LogP contribution in [0.2, 0.25) is 0 Å². The highest BCUT2D eigenvalue weighted by Crippen LogP contribution is 2.39. The number of imide groups is 1. The van der Waals surface area contributed by atoms with Crippen LogP contribution in [0.5, 0.6) is 5.75 Å². The molecule has 4 aromatic rings. The van der Waals surface area contributed by atoms with Crippen molar-refractivity contribution in [3.05, 3.63) is 53.7 Å². The Morgan fingerprint density at radius 3 is 1.94 bits per heavy atom. The lowest BCUT2D eigenvalue weighted by molar-refractivity contribution is -0.138. The van der Waals surface area contributed by atoms with E-state index >= 15 is 0 Å². The highest BCUT2D eigenvalue weighted by atomic mass is 19.4. The molecule has 0 saturated heterocycles. The molecular weight excluding hydrogens is 874 g/mol. The summed E-state index contributed by atoms with van der Waals surface area (Å²) in [5.74, 6) is -0.0361. The van der Waals surface area contributed by atoms with Crippen LogP contribution in [0, 0.1) is 0 Å². The van der Waals surface area contributed by atoms with E-state index in [-0.39, 0.29) is 29.8 Å². The van der Waals surface area contributed by atoms with E-state index in [4.69, 9.17) is 23.9 Å². The van der Waals surface area contributed by atoms with Crippen molar-refractivity contribution in [2.75, 3.05) is 22.1 Å². The maximum Gasteiger partial charge on any atom is 0.420 e. The molecule has 16 nitrogen and oxygen atoms in total. The second-order valence-corrected chi connectivity index (χ2v) is 19.6. The summed E-state index contributed by atoms with van der Waals surface area (Å²) in [6.45, 7) is 19.7. The van der Waals surface area contributed by atoms with Gasteiger partial charge in [-0.1, -0.05) is 26.7 Å². The summed E-state index contributed by atoms with van der Waals surface area (Å²) in [6, 6.07) is 6.98. The molecule has 0 unspecified atom stereocenters. The fourth-order valence-electron chi connectivity index (χ4n) is 7.58. The highest BCUT2D eigenvalue weighted by molar-refractivity contribution is 6.00. The lowest BCUT2D eigenvalue weighted by Crippen LogP contribution is -2.52. The SMILES string of the molecule is CCCCCOc1ccc(NC(=O)Nc2cc(-c3cc(CC)c4nc(N(C(=O)OC(C)(C)C)C5CCC(N(C(=O)OC(C)(C)C)C(=O)OC(C)(C)C)CC5)ncc4c3)n(C)n2)cc1C(F)(F)F. The zero-order valence-corrected chi connectivity index (χ0v) is 40.6. The zero-order valence-electron chi connectivity index (χ0n) is 40.6. The first-order valence-electron chi connectivity index (χ1n) is 22.7. The van der Waals surface area contributed by atoms with Crippen molar-refractivity contribution < 1.29 is 51.3 Å². The number of nitrogens with one attached hydrogen (secondary N) is 2. The lowest BCUT2D eigenvalue weighted by Gasteiger charge is -2.39. The number of amides is 5. The molecule has 0 spiro atoms. The van der Waals surface area contributed by atoms with Crippen molar-refractivity contribution in [2.24, 2.45) is 7.05 Å². The number of hydrogen-bond acceptors (Lipinski definition) is 11. The van der Waals surface area contributed by atoms with E-state index in [1.165, 1.54) is 17.0 Å². The molecule has 1 aliphatic rings. The second-order valence-electron chi connectivity index (χ2n) is 19.6. The molecule has 5 amide bonds. The van der Waals surface area contributed by atoms with Crippen LogP contribution in [0.4, 0.5) is 49.8 Å². The minimum absolute atomic E-state index is 0.0793. The number of benzene rings is 2. The van der Waals surface area contributed by atoms with E-state index < -0.39 is 64.9 Å². The van der Waals surface area contributed by atoms with Gasteiger partial charge in [0.25, 0.3) is 0 Å². The zero-order chi connectivity index (χ0) is 49.6. The number of aryl methyl sites for hydroxylation is 2. The largest absolute Gasteiger partial charge is 0.493 e. The van der Waals surface area contributed by atoms with E-state index in [2.05, 4.69) is 20.7 Å². The molecule has 2 heterocycles. The predicted octanol–water partition coefficient (Wildman–Crippen LogP) is 12.0. The van der Waals surface area contributed by atoms with Crippen LogP contribution in [0.1, 0.15) is 132 Å². The van der Waals surface area contributed by atoms with Crippen LogP contribution < -0.4 is 20.3 Å². The first-order valence-corrected chi connectivity index (χ1v) is 22.7. The number of alkyl halides is 3. The van der Waals surface area contributed by atoms with Crippen LogP contribution in [0.15, 0.2) is 42.6 Å². The maximum absolute atomic E-state index is 14.0. The number of unbranched alkanes of at least 4 members (excludes halogenated alkanes) is 2. The molecule has 0 atom stereocenters. The van der Waals surface area contributed by atoms with Crippen molar-refractivity contribution in [1.82, 2.24) is 24.6 Å². The number of halogens is 3. The standard InChI is InChI=1S/C48H65F3N8O8/c1-13-15-16-23-64-37-22-17-32(26-35(37)48(49,50)51)53-41(60)54-38-27-36(57(12)56-38)30-24-29(14-2)39-31(25-30)28-52-40(55-39)58(42(61)65-45(3,4)5)33-18-20-34(21-19-33)59(43(62)66-46(6,7)8)44(63)67-47(9,10)11/h17,22,24-28,33-34H,13-16,18-21,23H2,1-12H3,(H2,53,54,56,60). The Morgan fingerprint density at radius 1 is 0.776 bits per heavy atom. The van der Waals surface area contributed by atoms with Gasteiger partial charge in [-0.15, -0.1) is 0 Å². The normalized spacial score (nSPS) is 15.7. The molecule has 1 fully saturated rings. The first-order chi connectivity index (χ1) is 31.2. The first kappa shape index (κ1) is 51.8. The van der Waals surface area contributed by atoms with Gasteiger partial charge in [0, 0.05) is 48.0 Å². The Morgan fingerprint density at radius 2 is 1.37 bits per heavy atom. The van der Waals surface area contributed by atoms with E-state index in [9.17, 15) is 32.3 Å². The van der Waals surface area contributed by atoms with Gasteiger partial charge in [-0.3, -0.25) is 10.00 Å². The number of anilines is 3. The van der Waals surface area contributed by atoms with Crippen molar-refractivity contribution >= 4 is 52.7 Å². The van der Waals surface area contributed by atoms with E-state index in [0.29, 0.717) is 55.1 Å². The number of aromatic nitrogens is 4. The smallest absolute Gasteiger partial charge is 0.420 e. The summed E-state index contributed by atoms with van der Waals surface area (Å²) in [7, 11) is 1.69. The summed E-state index contributed by atoms with van der Waals surface area (Å²) in [5.41, 5.74) is -0.903.